The van der Waals surface area contributed by atoms with Crippen LogP contribution in [0, 0.1) is 5.92 Å². The Morgan fingerprint density at radius 2 is 2.06 bits per heavy atom. The first-order chi connectivity index (χ1) is 8.70. The second-order valence-corrected chi connectivity index (χ2v) is 5.34. The van der Waals surface area contributed by atoms with Gasteiger partial charge >= 0.3 is 0 Å². The summed E-state index contributed by atoms with van der Waals surface area (Å²) in [5.74, 6) is 0.881. The van der Waals surface area contributed by atoms with Gasteiger partial charge in [0.2, 0.25) is 0 Å². The van der Waals surface area contributed by atoms with E-state index in [0.717, 1.165) is 19.3 Å². The van der Waals surface area contributed by atoms with Crippen LogP contribution in [0.5, 0.6) is 0 Å². The van der Waals surface area contributed by atoms with E-state index >= 15 is 0 Å². The molecular weight excluding hydrogens is 224 g/mol. The van der Waals surface area contributed by atoms with Crippen LogP contribution >= 0.6 is 0 Å². The van der Waals surface area contributed by atoms with Crippen molar-refractivity contribution in [2.45, 2.75) is 51.0 Å². The highest BCUT2D eigenvalue weighted by Gasteiger charge is 2.30. The highest BCUT2D eigenvalue weighted by Crippen LogP contribution is 2.36. The maximum absolute atomic E-state index is 11.9. The number of Topliss-reactive ketones (excluding diaryl/α,β-unsaturated/α-hetero) is 1. The molecule has 0 bridgehead atoms. The van der Waals surface area contributed by atoms with Crippen molar-refractivity contribution < 1.29 is 9.90 Å². The Bertz CT molecular complexity index is 385. The lowest BCUT2D eigenvalue weighted by molar-refractivity contribution is -0.126. The number of aliphatic hydroxyl groups is 1. The summed E-state index contributed by atoms with van der Waals surface area (Å²) in [4.78, 5) is 11.9. The van der Waals surface area contributed by atoms with Gasteiger partial charge in [0.05, 0.1) is 6.10 Å². The maximum Gasteiger partial charge on any atom is 0.136 e. The lowest BCUT2D eigenvalue weighted by atomic mass is 9.75. The molecule has 0 amide bonds. The lowest BCUT2D eigenvalue weighted by Gasteiger charge is -2.29. The van der Waals surface area contributed by atoms with Gasteiger partial charge in [-0.2, -0.15) is 0 Å². The molecule has 2 rings (SSSR count). The Morgan fingerprint density at radius 1 is 1.33 bits per heavy atom. The third-order valence-electron chi connectivity index (χ3n) is 4.06. The average Bonchev–Trinajstić information content (AvgIpc) is 2.42. The summed E-state index contributed by atoms with van der Waals surface area (Å²) in [7, 11) is 0. The van der Waals surface area contributed by atoms with Gasteiger partial charge in [0.1, 0.15) is 5.78 Å². The molecule has 2 heteroatoms. The molecule has 1 aliphatic rings. The molecule has 1 N–H and O–H groups in total. The molecule has 0 radical (unpaired) electrons. The average molecular weight is 246 g/mol. The zero-order valence-electron chi connectivity index (χ0n) is 11.0. The van der Waals surface area contributed by atoms with Crippen LogP contribution in [0.2, 0.25) is 0 Å². The molecule has 3 atom stereocenters. The van der Waals surface area contributed by atoms with E-state index in [2.05, 4.69) is 24.3 Å². The van der Waals surface area contributed by atoms with Gasteiger partial charge in [-0.25, -0.2) is 0 Å². The van der Waals surface area contributed by atoms with Gasteiger partial charge in [-0.15, -0.1) is 0 Å². The molecular formula is C16H22O2. The largest absolute Gasteiger partial charge is 0.393 e. The highest BCUT2D eigenvalue weighted by atomic mass is 16.3. The minimum absolute atomic E-state index is 0.0545. The van der Waals surface area contributed by atoms with Crippen molar-refractivity contribution in [3.8, 4) is 0 Å². The first-order valence-electron chi connectivity index (χ1n) is 6.96. The summed E-state index contributed by atoms with van der Waals surface area (Å²) in [6.45, 7) is 1.96. The van der Waals surface area contributed by atoms with Crippen molar-refractivity contribution in [2.75, 3.05) is 0 Å². The molecule has 18 heavy (non-hydrogen) atoms. The van der Waals surface area contributed by atoms with E-state index in [9.17, 15) is 9.90 Å². The van der Waals surface area contributed by atoms with Crippen molar-refractivity contribution in [3.05, 3.63) is 35.9 Å². The predicted molar refractivity (Wildman–Crippen MR) is 72.4 cm³/mol. The maximum atomic E-state index is 11.9. The number of aliphatic hydroxyl groups excluding tert-OH is 1. The summed E-state index contributed by atoms with van der Waals surface area (Å²) >= 11 is 0. The van der Waals surface area contributed by atoms with Crippen molar-refractivity contribution in [1.82, 2.24) is 0 Å². The number of hydrogen-bond acceptors (Lipinski definition) is 2. The number of hydrogen-bond donors (Lipinski definition) is 1. The highest BCUT2D eigenvalue weighted by molar-refractivity contribution is 5.82. The van der Waals surface area contributed by atoms with Gasteiger partial charge in [0.25, 0.3) is 0 Å². The Balaban J connectivity index is 2.02. The molecule has 0 saturated heterocycles. The molecule has 2 nitrogen and oxygen atoms in total. The minimum atomic E-state index is -0.325. The Hall–Kier alpha value is -1.15. The number of benzene rings is 1. The van der Waals surface area contributed by atoms with Gasteiger partial charge in [-0.1, -0.05) is 37.3 Å². The zero-order chi connectivity index (χ0) is 13.0. The van der Waals surface area contributed by atoms with Gasteiger partial charge < -0.3 is 5.11 Å². The third-order valence-corrected chi connectivity index (χ3v) is 4.06. The second kappa shape index (κ2) is 6.14. The fourth-order valence-electron chi connectivity index (χ4n) is 2.86. The van der Waals surface area contributed by atoms with E-state index in [4.69, 9.17) is 0 Å². The van der Waals surface area contributed by atoms with E-state index in [1.807, 2.05) is 13.0 Å². The normalized spacial score (nSPS) is 26.0. The molecule has 98 valence electrons. The predicted octanol–water partition coefficient (Wildman–Crippen LogP) is 3.30. The first-order valence-corrected chi connectivity index (χ1v) is 6.96. The van der Waals surface area contributed by atoms with E-state index in [0.29, 0.717) is 24.5 Å². The molecule has 1 aromatic carbocycles. The van der Waals surface area contributed by atoms with E-state index in [1.165, 1.54) is 5.56 Å². The summed E-state index contributed by atoms with van der Waals surface area (Å²) < 4.78 is 0. The smallest absolute Gasteiger partial charge is 0.136 e. The van der Waals surface area contributed by atoms with Gasteiger partial charge in [-0.3, -0.25) is 4.79 Å². The topological polar surface area (TPSA) is 37.3 Å². The number of ketones is 1. The van der Waals surface area contributed by atoms with Crippen molar-refractivity contribution >= 4 is 5.78 Å². The number of carbonyl (C=O) groups excluding carboxylic acids is 1. The Kier molecular flexibility index (Phi) is 4.54. The van der Waals surface area contributed by atoms with Crippen LogP contribution in [0.25, 0.3) is 0 Å². The number of carbonyl (C=O) groups is 1. The van der Waals surface area contributed by atoms with Crippen LogP contribution in [-0.2, 0) is 4.79 Å². The van der Waals surface area contributed by atoms with Crippen molar-refractivity contribution in [1.29, 1.82) is 0 Å². The monoisotopic (exact) mass is 246 g/mol. The summed E-state index contributed by atoms with van der Waals surface area (Å²) in [6.07, 6.45) is 3.58. The van der Waals surface area contributed by atoms with Crippen LogP contribution in [0.3, 0.4) is 0 Å². The van der Waals surface area contributed by atoms with E-state index in [1.54, 1.807) is 0 Å². The molecule has 1 saturated carbocycles. The fraction of sp³-hybridized carbons (Fsp3) is 0.562. The zero-order valence-corrected chi connectivity index (χ0v) is 11.0. The molecule has 3 unspecified atom stereocenters. The standard InChI is InChI=1S/C16H22O2/c1-2-15(17)11-14-10-13(8-9-16(14)18)12-6-4-3-5-7-12/h3-7,13-15,17H,2,8-11H2,1H3. The molecule has 1 aromatic rings. The van der Waals surface area contributed by atoms with Crippen molar-refractivity contribution in [2.24, 2.45) is 5.92 Å². The van der Waals surface area contributed by atoms with Crippen LogP contribution < -0.4 is 0 Å². The van der Waals surface area contributed by atoms with Gasteiger partial charge in [0, 0.05) is 12.3 Å². The third kappa shape index (κ3) is 3.20. The quantitative estimate of drug-likeness (QED) is 0.885. The van der Waals surface area contributed by atoms with Crippen molar-refractivity contribution in [3.63, 3.8) is 0 Å². The molecule has 0 heterocycles. The number of rotatable bonds is 4. The van der Waals surface area contributed by atoms with E-state index in [-0.39, 0.29) is 12.0 Å². The summed E-state index contributed by atoms with van der Waals surface area (Å²) in [5.41, 5.74) is 1.33. The molecule has 0 aliphatic heterocycles. The molecule has 1 aliphatic carbocycles. The summed E-state index contributed by atoms with van der Waals surface area (Å²) in [5, 5.41) is 9.73. The second-order valence-electron chi connectivity index (χ2n) is 5.34. The minimum Gasteiger partial charge on any atom is -0.393 e. The lowest BCUT2D eigenvalue weighted by Crippen LogP contribution is -2.27. The SMILES string of the molecule is CCC(O)CC1CC(c2ccccc2)CCC1=O. The first kappa shape index (κ1) is 13.3. The van der Waals surface area contributed by atoms with Crippen LogP contribution in [-0.4, -0.2) is 17.0 Å². The summed E-state index contributed by atoms with van der Waals surface area (Å²) in [6, 6.07) is 10.4. The van der Waals surface area contributed by atoms with Crippen LogP contribution in [0.1, 0.15) is 50.5 Å². The van der Waals surface area contributed by atoms with Crippen LogP contribution in [0.4, 0.5) is 0 Å². The molecule has 1 fully saturated rings. The Morgan fingerprint density at radius 3 is 2.72 bits per heavy atom. The van der Waals surface area contributed by atoms with Crippen LogP contribution in [0.15, 0.2) is 30.3 Å². The Labute approximate surface area is 109 Å². The van der Waals surface area contributed by atoms with E-state index < -0.39 is 0 Å². The molecule has 0 spiro atoms. The molecule has 0 aromatic heterocycles. The van der Waals surface area contributed by atoms with Gasteiger partial charge in [0.15, 0.2) is 0 Å². The fourth-order valence-corrected chi connectivity index (χ4v) is 2.86. The van der Waals surface area contributed by atoms with Gasteiger partial charge in [-0.05, 0) is 37.2 Å².